The average Bonchev–Trinajstić information content (AvgIpc) is 2.32. The molecule has 0 amide bonds. The average molecular weight is 308 g/mol. The van der Waals surface area contributed by atoms with Crippen LogP contribution in [0.2, 0.25) is 5.02 Å². The van der Waals surface area contributed by atoms with Crippen LogP contribution in [0, 0.1) is 11.3 Å². The van der Waals surface area contributed by atoms with E-state index in [1.165, 1.54) is 0 Å². The highest BCUT2D eigenvalue weighted by Crippen LogP contribution is 2.18. The van der Waals surface area contributed by atoms with E-state index in [4.69, 9.17) is 16.9 Å². The highest BCUT2D eigenvalue weighted by Gasteiger charge is 2.03. The van der Waals surface area contributed by atoms with Gasteiger partial charge in [0.05, 0.1) is 4.47 Å². The first kappa shape index (κ1) is 12.1. The molecule has 0 fully saturated rings. The van der Waals surface area contributed by atoms with E-state index >= 15 is 0 Å². The van der Waals surface area contributed by atoms with Crippen molar-refractivity contribution < 1.29 is 0 Å². The number of rotatable bonds is 2. The molecule has 0 saturated heterocycles. The molecule has 0 atom stereocenters. The Bertz CT molecular complexity index is 573. The highest BCUT2D eigenvalue weighted by molar-refractivity contribution is 9.10. The maximum atomic E-state index is 8.77. The summed E-state index contributed by atoms with van der Waals surface area (Å²) in [5.41, 5.74) is 2.62. The lowest BCUT2D eigenvalue weighted by atomic mass is 10.1. The Hall–Kier alpha value is -1.37. The summed E-state index contributed by atoms with van der Waals surface area (Å²) in [5.74, 6) is 0. The molecule has 0 bridgehead atoms. The fourth-order valence-electron chi connectivity index (χ4n) is 1.49. The largest absolute Gasteiger partial charge is 0.244 e. The van der Waals surface area contributed by atoms with E-state index in [0.29, 0.717) is 5.69 Å². The molecule has 0 N–H and O–H groups in total. The predicted molar refractivity (Wildman–Crippen MR) is 70.9 cm³/mol. The molecule has 4 heteroatoms. The van der Waals surface area contributed by atoms with Gasteiger partial charge in [-0.2, -0.15) is 5.26 Å². The van der Waals surface area contributed by atoms with E-state index in [0.717, 1.165) is 27.0 Å². The number of pyridine rings is 1. The van der Waals surface area contributed by atoms with E-state index in [9.17, 15) is 0 Å². The number of halogens is 2. The number of nitrogens with zero attached hydrogens (tertiary/aromatic N) is 2. The van der Waals surface area contributed by atoms with E-state index < -0.39 is 0 Å². The van der Waals surface area contributed by atoms with Crippen LogP contribution in [0.5, 0.6) is 0 Å². The second-order valence-corrected chi connectivity index (χ2v) is 4.88. The smallest absolute Gasteiger partial charge is 0.154 e. The van der Waals surface area contributed by atoms with Crippen LogP contribution in [-0.2, 0) is 6.42 Å². The lowest BCUT2D eigenvalue weighted by molar-refractivity contribution is 1.12. The van der Waals surface area contributed by atoms with E-state index in [2.05, 4.69) is 20.9 Å². The minimum atomic E-state index is 0.407. The van der Waals surface area contributed by atoms with Crippen molar-refractivity contribution in [3.05, 3.63) is 62.8 Å². The van der Waals surface area contributed by atoms with E-state index in [1.807, 2.05) is 36.4 Å². The van der Waals surface area contributed by atoms with Crippen molar-refractivity contribution in [1.29, 1.82) is 5.26 Å². The molecule has 2 rings (SSSR count). The van der Waals surface area contributed by atoms with Crippen LogP contribution in [0.4, 0.5) is 0 Å². The van der Waals surface area contributed by atoms with Crippen molar-refractivity contribution in [3.63, 3.8) is 0 Å². The maximum absolute atomic E-state index is 8.77. The molecule has 0 spiro atoms. The summed E-state index contributed by atoms with van der Waals surface area (Å²) in [6.45, 7) is 0. The Labute approximate surface area is 113 Å². The molecule has 0 aliphatic carbocycles. The molecular weight excluding hydrogens is 300 g/mol. The Morgan fingerprint density at radius 1 is 1.24 bits per heavy atom. The Morgan fingerprint density at radius 3 is 2.53 bits per heavy atom. The first-order valence-corrected chi connectivity index (χ1v) is 6.15. The second-order valence-electron chi connectivity index (χ2n) is 3.59. The van der Waals surface area contributed by atoms with Crippen molar-refractivity contribution in [2.75, 3.05) is 0 Å². The quantitative estimate of drug-likeness (QED) is 0.842. The van der Waals surface area contributed by atoms with Crippen LogP contribution < -0.4 is 0 Å². The summed E-state index contributed by atoms with van der Waals surface area (Å²) in [7, 11) is 0. The molecule has 2 aromatic rings. The van der Waals surface area contributed by atoms with Crippen molar-refractivity contribution in [2.24, 2.45) is 0 Å². The molecule has 1 heterocycles. The SMILES string of the molecule is N#Cc1ncc(Cc2ccc(Cl)cc2)cc1Br. The van der Waals surface area contributed by atoms with E-state index in [1.54, 1.807) is 6.20 Å². The summed E-state index contributed by atoms with van der Waals surface area (Å²) in [6, 6.07) is 11.6. The summed E-state index contributed by atoms with van der Waals surface area (Å²) in [6.07, 6.45) is 2.49. The third kappa shape index (κ3) is 3.06. The van der Waals surface area contributed by atoms with Crippen LogP contribution >= 0.6 is 27.5 Å². The van der Waals surface area contributed by atoms with Gasteiger partial charge in [0.2, 0.25) is 0 Å². The third-order valence-corrected chi connectivity index (χ3v) is 3.18. The zero-order valence-corrected chi connectivity index (χ0v) is 11.2. The van der Waals surface area contributed by atoms with Gasteiger partial charge in [-0.15, -0.1) is 0 Å². The molecule has 0 aliphatic heterocycles. The topological polar surface area (TPSA) is 36.7 Å². The molecule has 84 valence electrons. The van der Waals surface area contributed by atoms with Crippen LogP contribution in [0.3, 0.4) is 0 Å². The van der Waals surface area contributed by atoms with Gasteiger partial charge in [0.1, 0.15) is 6.07 Å². The lowest BCUT2D eigenvalue weighted by Gasteiger charge is -2.03. The maximum Gasteiger partial charge on any atom is 0.154 e. The predicted octanol–water partition coefficient (Wildman–Crippen LogP) is 3.96. The van der Waals surface area contributed by atoms with Gasteiger partial charge in [-0.1, -0.05) is 23.7 Å². The Balaban J connectivity index is 2.22. The second kappa shape index (κ2) is 5.31. The van der Waals surface area contributed by atoms with Crippen LogP contribution in [-0.4, -0.2) is 4.98 Å². The van der Waals surface area contributed by atoms with Crippen molar-refractivity contribution in [1.82, 2.24) is 4.98 Å². The number of nitriles is 1. The Morgan fingerprint density at radius 2 is 1.94 bits per heavy atom. The van der Waals surface area contributed by atoms with Gasteiger partial charge in [0, 0.05) is 11.2 Å². The van der Waals surface area contributed by atoms with Crippen molar-refractivity contribution in [3.8, 4) is 6.07 Å². The summed E-state index contributed by atoms with van der Waals surface area (Å²) < 4.78 is 0.728. The van der Waals surface area contributed by atoms with Gasteiger partial charge in [-0.05, 0) is 51.7 Å². The number of aromatic nitrogens is 1. The normalized spacial score (nSPS) is 9.94. The molecule has 1 aromatic heterocycles. The molecule has 0 radical (unpaired) electrons. The van der Waals surface area contributed by atoms with Crippen LogP contribution in [0.25, 0.3) is 0 Å². The number of hydrogen-bond donors (Lipinski definition) is 0. The molecule has 0 aliphatic rings. The number of benzene rings is 1. The van der Waals surface area contributed by atoms with Gasteiger partial charge < -0.3 is 0 Å². The number of hydrogen-bond acceptors (Lipinski definition) is 2. The van der Waals surface area contributed by atoms with Gasteiger partial charge in [0.15, 0.2) is 5.69 Å². The molecular formula is C13H8BrClN2. The molecule has 1 aromatic carbocycles. The van der Waals surface area contributed by atoms with Crippen LogP contribution in [0.1, 0.15) is 16.8 Å². The van der Waals surface area contributed by atoms with Crippen molar-refractivity contribution in [2.45, 2.75) is 6.42 Å². The molecule has 17 heavy (non-hydrogen) atoms. The van der Waals surface area contributed by atoms with Gasteiger partial charge in [-0.25, -0.2) is 4.98 Å². The van der Waals surface area contributed by atoms with Gasteiger partial charge in [0.25, 0.3) is 0 Å². The van der Waals surface area contributed by atoms with Gasteiger partial charge >= 0.3 is 0 Å². The Kier molecular flexibility index (Phi) is 3.78. The monoisotopic (exact) mass is 306 g/mol. The first-order chi connectivity index (χ1) is 8.19. The van der Waals surface area contributed by atoms with Crippen molar-refractivity contribution >= 4 is 27.5 Å². The first-order valence-electron chi connectivity index (χ1n) is 4.98. The minimum Gasteiger partial charge on any atom is -0.244 e. The summed E-state index contributed by atoms with van der Waals surface area (Å²) in [4.78, 5) is 4.08. The standard InChI is InChI=1S/C13H8BrClN2/c14-12-6-10(8-17-13(12)7-16)5-9-1-3-11(15)4-2-9/h1-4,6,8H,5H2. The molecule has 2 nitrogen and oxygen atoms in total. The fraction of sp³-hybridized carbons (Fsp3) is 0.0769. The zero-order valence-electron chi connectivity index (χ0n) is 8.82. The fourth-order valence-corrected chi connectivity index (χ4v) is 2.11. The van der Waals surface area contributed by atoms with E-state index in [-0.39, 0.29) is 0 Å². The zero-order chi connectivity index (χ0) is 12.3. The third-order valence-electron chi connectivity index (χ3n) is 2.33. The molecule has 0 saturated carbocycles. The lowest BCUT2D eigenvalue weighted by Crippen LogP contribution is -1.92. The summed E-state index contributed by atoms with van der Waals surface area (Å²) >= 11 is 9.15. The molecule has 0 unspecified atom stereocenters. The van der Waals surface area contributed by atoms with Crippen LogP contribution in [0.15, 0.2) is 41.0 Å². The minimum absolute atomic E-state index is 0.407. The highest BCUT2D eigenvalue weighted by atomic mass is 79.9. The van der Waals surface area contributed by atoms with Gasteiger partial charge in [-0.3, -0.25) is 0 Å². The summed E-state index contributed by atoms with van der Waals surface area (Å²) in [5, 5.41) is 9.50.